The quantitative estimate of drug-likeness (QED) is 0.421. The summed E-state index contributed by atoms with van der Waals surface area (Å²) in [6, 6.07) is 19.0. The fraction of sp³-hybridized carbons (Fsp3) is 0.250. The molecule has 0 bridgehead atoms. The zero-order valence-corrected chi connectivity index (χ0v) is 17.0. The second kappa shape index (κ2) is 10.1. The van der Waals surface area contributed by atoms with Gasteiger partial charge in [-0.1, -0.05) is 36.4 Å². The number of hydrogen-bond acceptors (Lipinski definition) is 4. The molecule has 0 saturated heterocycles. The predicted octanol–water partition coefficient (Wildman–Crippen LogP) is 6.42. The summed E-state index contributed by atoms with van der Waals surface area (Å²) < 4.78 is 43.6. The number of rotatable bonds is 8. The molecule has 0 aliphatic rings. The molecule has 1 atom stereocenters. The van der Waals surface area contributed by atoms with Gasteiger partial charge in [-0.2, -0.15) is 13.2 Å². The molecular weight excluding hydrogens is 405 g/mol. The van der Waals surface area contributed by atoms with Crippen LogP contribution in [-0.4, -0.2) is 23.7 Å². The van der Waals surface area contributed by atoms with E-state index in [9.17, 15) is 18.0 Å². The van der Waals surface area contributed by atoms with Crippen LogP contribution in [0.1, 0.15) is 41.9 Å². The van der Waals surface area contributed by atoms with Crippen LogP contribution >= 0.6 is 0 Å². The van der Waals surface area contributed by atoms with Crippen LogP contribution < -0.4 is 5.32 Å². The normalized spacial score (nSPS) is 12.3. The lowest BCUT2D eigenvalue weighted by Crippen LogP contribution is -2.17. The van der Waals surface area contributed by atoms with Crippen molar-refractivity contribution >= 4 is 11.7 Å². The number of alkyl halides is 3. The number of pyridine rings is 1. The van der Waals surface area contributed by atoms with Crippen molar-refractivity contribution in [2.75, 3.05) is 11.9 Å². The van der Waals surface area contributed by atoms with Gasteiger partial charge in [-0.05, 0) is 49.2 Å². The Morgan fingerprint density at radius 1 is 1.00 bits per heavy atom. The Labute approximate surface area is 179 Å². The first-order valence-electron chi connectivity index (χ1n) is 9.97. The first-order chi connectivity index (χ1) is 14.9. The molecule has 0 fully saturated rings. The van der Waals surface area contributed by atoms with Crippen molar-refractivity contribution in [3.63, 3.8) is 0 Å². The maximum absolute atomic E-state index is 12.9. The Hall–Kier alpha value is -3.35. The molecular formula is C24H23F3N2O2. The van der Waals surface area contributed by atoms with Crippen molar-refractivity contribution < 1.29 is 22.7 Å². The van der Waals surface area contributed by atoms with Crippen LogP contribution in [0.4, 0.5) is 18.9 Å². The van der Waals surface area contributed by atoms with Crippen LogP contribution in [0.2, 0.25) is 0 Å². The van der Waals surface area contributed by atoms with Crippen molar-refractivity contribution in [2.24, 2.45) is 0 Å². The standard InChI is InChI=1S/C24H23F3N2O2/c1-2-31-23(30)18-8-11-20(12-9-18)29-22(14-15-24(25,26)27)21-13-10-19(16-28-21)17-6-4-3-5-7-17/h3-13,16,22,29H,2,14-15H2,1H3. The molecule has 0 amide bonds. The summed E-state index contributed by atoms with van der Waals surface area (Å²) in [5.74, 6) is -0.444. The van der Waals surface area contributed by atoms with E-state index in [-0.39, 0.29) is 13.0 Å². The summed E-state index contributed by atoms with van der Waals surface area (Å²) >= 11 is 0. The molecule has 0 aliphatic carbocycles. The molecule has 4 nitrogen and oxygen atoms in total. The Balaban J connectivity index is 1.79. The van der Waals surface area contributed by atoms with Gasteiger partial charge in [0.2, 0.25) is 0 Å². The fourth-order valence-electron chi connectivity index (χ4n) is 3.13. The monoisotopic (exact) mass is 428 g/mol. The first-order valence-corrected chi connectivity index (χ1v) is 9.97. The summed E-state index contributed by atoms with van der Waals surface area (Å²) in [4.78, 5) is 16.2. The van der Waals surface area contributed by atoms with E-state index in [2.05, 4.69) is 10.3 Å². The second-order valence-corrected chi connectivity index (χ2v) is 6.99. The molecule has 0 aliphatic heterocycles. The molecule has 162 valence electrons. The van der Waals surface area contributed by atoms with E-state index >= 15 is 0 Å². The SMILES string of the molecule is CCOC(=O)c1ccc(NC(CCC(F)(F)F)c2ccc(-c3ccccc3)cn2)cc1. The average molecular weight is 428 g/mol. The van der Waals surface area contributed by atoms with Crippen LogP contribution in [0, 0.1) is 0 Å². The third-order valence-corrected chi connectivity index (χ3v) is 4.70. The number of carbonyl (C=O) groups excluding carboxylic acids is 1. The van der Waals surface area contributed by atoms with Crippen LogP contribution in [-0.2, 0) is 4.74 Å². The topological polar surface area (TPSA) is 51.2 Å². The number of esters is 1. The van der Waals surface area contributed by atoms with Crippen molar-refractivity contribution in [1.82, 2.24) is 4.98 Å². The van der Waals surface area contributed by atoms with Gasteiger partial charge in [-0.15, -0.1) is 0 Å². The largest absolute Gasteiger partial charge is 0.462 e. The van der Waals surface area contributed by atoms with Crippen LogP contribution in [0.25, 0.3) is 11.1 Å². The van der Waals surface area contributed by atoms with Crippen molar-refractivity contribution in [3.8, 4) is 11.1 Å². The lowest BCUT2D eigenvalue weighted by atomic mass is 10.0. The molecule has 2 aromatic carbocycles. The highest BCUT2D eigenvalue weighted by Crippen LogP contribution is 2.30. The number of halogens is 3. The van der Waals surface area contributed by atoms with Gasteiger partial charge in [0.1, 0.15) is 0 Å². The molecule has 7 heteroatoms. The van der Waals surface area contributed by atoms with Gasteiger partial charge in [-0.3, -0.25) is 4.98 Å². The number of carbonyl (C=O) groups is 1. The lowest BCUT2D eigenvalue weighted by molar-refractivity contribution is -0.136. The molecule has 1 heterocycles. The van der Waals surface area contributed by atoms with Gasteiger partial charge in [0.05, 0.1) is 23.9 Å². The summed E-state index contributed by atoms with van der Waals surface area (Å²) in [5, 5.41) is 3.11. The van der Waals surface area contributed by atoms with Gasteiger partial charge in [0.15, 0.2) is 0 Å². The zero-order valence-electron chi connectivity index (χ0n) is 17.0. The number of aromatic nitrogens is 1. The Morgan fingerprint density at radius 3 is 2.29 bits per heavy atom. The Kier molecular flexibility index (Phi) is 7.28. The van der Waals surface area contributed by atoms with E-state index in [4.69, 9.17) is 4.74 Å². The van der Waals surface area contributed by atoms with Crippen LogP contribution in [0.3, 0.4) is 0 Å². The van der Waals surface area contributed by atoms with Gasteiger partial charge in [0.25, 0.3) is 0 Å². The van der Waals surface area contributed by atoms with Crippen LogP contribution in [0.15, 0.2) is 72.9 Å². The van der Waals surface area contributed by atoms with E-state index in [1.165, 1.54) is 0 Å². The predicted molar refractivity (Wildman–Crippen MR) is 114 cm³/mol. The summed E-state index contributed by atoms with van der Waals surface area (Å²) in [6.45, 7) is 1.98. The third kappa shape index (κ3) is 6.57. The fourth-order valence-corrected chi connectivity index (χ4v) is 3.13. The third-order valence-electron chi connectivity index (χ3n) is 4.70. The highest BCUT2D eigenvalue weighted by atomic mass is 19.4. The Morgan fingerprint density at radius 2 is 1.71 bits per heavy atom. The van der Waals surface area contributed by atoms with Crippen molar-refractivity contribution in [1.29, 1.82) is 0 Å². The molecule has 3 rings (SSSR count). The number of benzene rings is 2. The maximum atomic E-state index is 12.9. The van der Waals surface area contributed by atoms with Gasteiger partial charge < -0.3 is 10.1 Å². The van der Waals surface area contributed by atoms with Crippen molar-refractivity contribution in [3.05, 3.63) is 84.2 Å². The van der Waals surface area contributed by atoms with E-state index in [0.717, 1.165) is 11.1 Å². The second-order valence-electron chi connectivity index (χ2n) is 6.99. The van der Waals surface area contributed by atoms with Gasteiger partial charge >= 0.3 is 12.1 Å². The van der Waals surface area contributed by atoms with Gasteiger partial charge in [0, 0.05) is 23.9 Å². The van der Waals surface area contributed by atoms with Crippen LogP contribution in [0.5, 0.6) is 0 Å². The zero-order chi connectivity index (χ0) is 22.3. The summed E-state index contributed by atoms with van der Waals surface area (Å²) in [6.07, 6.45) is -3.71. The average Bonchev–Trinajstić information content (AvgIpc) is 2.77. The highest BCUT2D eigenvalue weighted by molar-refractivity contribution is 5.89. The first kappa shape index (κ1) is 22.3. The smallest absolute Gasteiger partial charge is 0.389 e. The summed E-state index contributed by atoms with van der Waals surface area (Å²) in [5.41, 5.74) is 3.35. The molecule has 1 N–H and O–H groups in total. The maximum Gasteiger partial charge on any atom is 0.389 e. The van der Waals surface area contributed by atoms with E-state index in [1.807, 2.05) is 36.4 Å². The highest BCUT2D eigenvalue weighted by Gasteiger charge is 2.29. The van der Waals surface area contributed by atoms with E-state index < -0.39 is 24.6 Å². The Bertz CT molecular complexity index is 972. The summed E-state index contributed by atoms with van der Waals surface area (Å²) in [7, 11) is 0. The minimum absolute atomic E-state index is 0.166. The number of ether oxygens (including phenoxy) is 1. The molecule has 3 aromatic rings. The molecule has 0 radical (unpaired) electrons. The molecule has 31 heavy (non-hydrogen) atoms. The number of nitrogens with one attached hydrogen (secondary N) is 1. The molecule has 1 unspecified atom stereocenters. The minimum Gasteiger partial charge on any atom is -0.462 e. The molecule has 1 aromatic heterocycles. The number of nitrogens with zero attached hydrogens (tertiary/aromatic N) is 1. The van der Waals surface area contributed by atoms with E-state index in [1.54, 1.807) is 43.5 Å². The van der Waals surface area contributed by atoms with E-state index in [0.29, 0.717) is 16.9 Å². The minimum atomic E-state index is -4.27. The lowest BCUT2D eigenvalue weighted by Gasteiger charge is -2.21. The molecule has 0 saturated carbocycles. The number of anilines is 1. The van der Waals surface area contributed by atoms with Crippen molar-refractivity contribution in [2.45, 2.75) is 32.0 Å². The molecule has 0 spiro atoms. The number of hydrogen-bond donors (Lipinski definition) is 1. The van der Waals surface area contributed by atoms with Gasteiger partial charge in [-0.25, -0.2) is 4.79 Å².